The summed E-state index contributed by atoms with van der Waals surface area (Å²) in [7, 11) is 0. The van der Waals surface area contributed by atoms with Crippen LogP contribution < -0.4 is 10.6 Å². The van der Waals surface area contributed by atoms with E-state index in [1.807, 2.05) is 33.8 Å². The van der Waals surface area contributed by atoms with Crippen LogP contribution >= 0.6 is 0 Å². The molecule has 1 aliphatic rings. The van der Waals surface area contributed by atoms with E-state index in [4.69, 9.17) is 4.42 Å². The van der Waals surface area contributed by atoms with E-state index < -0.39 is 0 Å². The summed E-state index contributed by atoms with van der Waals surface area (Å²) in [6.45, 7) is 11.6. The number of carbonyl (C=O) groups is 1. The first-order chi connectivity index (χ1) is 9.49. The van der Waals surface area contributed by atoms with E-state index in [0.29, 0.717) is 0 Å². The van der Waals surface area contributed by atoms with Gasteiger partial charge in [-0.15, -0.1) is 0 Å². The lowest BCUT2D eigenvalue weighted by molar-refractivity contribution is -0.126. The van der Waals surface area contributed by atoms with Crippen LogP contribution in [0, 0.1) is 13.8 Å². The predicted octanol–water partition coefficient (Wildman–Crippen LogP) is 1.37. The van der Waals surface area contributed by atoms with Crippen molar-refractivity contribution in [1.29, 1.82) is 0 Å². The maximum atomic E-state index is 12.3. The largest absolute Gasteiger partial charge is 0.466 e. The lowest BCUT2D eigenvalue weighted by Gasteiger charge is -2.32. The van der Waals surface area contributed by atoms with E-state index in [2.05, 4.69) is 15.5 Å². The molecule has 1 fully saturated rings. The molecule has 1 saturated heterocycles. The van der Waals surface area contributed by atoms with E-state index in [-0.39, 0.29) is 18.0 Å². The molecule has 112 valence electrons. The third kappa shape index (κ3) is 3.41. The fraction of sp³-hybridized carbons (Fsp3) is 0.667. The second kappa shape index (κ2) is 6.41. The van der Waals surface area contributed by atoms with E-state index in [0.717, 1.165) is 43.3 Å². The molecule has 0 aromatic carbocycles. The van der Waals surface area contributed by atoms with E-state index >= 15 is 0 Å². The molecule has 1 aliphatic heterocycles. The molecule has 0 radical (unpaired) electrons. The zero-order valence-corrected chi connectivity index (χ0v) is 12.8. The Balaban J connectivity index is 1.94. The van der Waals surface area contributed by atoms with E-state index in [1.165, 1.54) is 0 Å². The molecule has 2 rings (SSSR count). The molecule has 1 aromatic heterocycles. The molecule has 5 heteroatoms. The molecule has 2 heterocycles. The van der Waals surface area contributed by atoms with Gasteiger partial charge in [-0.2, -0.15) is 0 Å². The van der Waals surface area contributed by atoms with E-state index in [1.54, 1.807) is 0 Å². The summed E-state index contributed by atoms with van der Waals surface area (Å²) in [5.74, 6) is 1.84. The summed E-state index contributed by atoms with van der Waals surface area (Å²) in [6.07, 6.45) is 0. The highest BCUT2D eigenvalue weighted by molar-refractivity contribution is 5.81. The number of aryl methyl sites for hydroxylation is 2. The molecule has 1 aromatic rings. The van der Waals surface area contributed by atoms with Crippen molar-refractivity contribution in [3.63, 3.8) is 0 Å². The highest BCUT2D eigenvalue weighted by Gasteiger charge is 2.24. The van der Waals surface area contributed by atoms with Gasteiger partial charge in [0.1, 0.15) is 11.5 Å². The number of nitrogens with one attached hydrogen (secondary N) is 2. The van der Waals surface area contributed by atoms with Crippen molar-refractivity contribution < 1.29 is 9.21 Å². The molecule has 5 nitrogen and oxygen atoms in total. The van der Waals surface area contributed by atoms with Gasteiger partial charge in [0.2, 0.25) is 5.91 Å². The van der Waals surface area contributed by atoms with Gasteiger partial charge < -0.3 is 15.1 Å². The van der Waals surface area contributed by atoms with Crippen LogP contribution in [-0.2, 0) is 4.79 Å². The van der Waals surface area contributed by atoms with Gasteiger partial charge in [-0.1, -0.05) is 0 Å². The highest BCUT2D eigenvalue weighted by atomic mass is 16.3. The first kappa shape index (κ1) is 15.1. The zero-order valence-electron chi connectivity index (χ0n) is 12.8. The van der Waals surface area contributed by atoms with Crippen LogP contribution in [0.25, 0.3) is 0 Å². The summed E-state index contributed by atoms with van der Waals surface area (Å²) in [5.41, 5.74) is 1.06. The number of hydrogen-bond acceptors (Lipinski definition) is 4. The maximum absolute atomic E-state index is 12.3. The minimum Gasteiger partial charge on any atom is -0.466 e. The van der Waals surface area contributed by atoms with Crippen molar-refractivity contribution in [2.45, 2.75) is 39.8 Å². The van der Waals surface area contributed by atoms with Crippen LogP contribution in [0.15, 0.2) is 10.5 Å². The molecular weight excluding hydrogens is 254 g/mol. The Bertz CT molecular complexity index is 464. The predicted molar refractivity (Wildman–Crippen MR) is 78.6 cm³/mol. The molecule has 0 bridgehead atoms. The molecule has 2 unspecified atom stereocenters. The van der Waals surface area contributed by atoms with Crippen LogP contribution in [0.2, 0.25) is 0 Å². The maximum Gasteiger partial charge on any atom is 0.237 e. The quantitative estimate of drug-likeness (QED) is 0.874. The minimum absolute atomic E-state index is 0.0229. The first-order valence-electron chi connectivity index (χ1n) is 7.31. The Morgan fingerprint density at radius 1 is 1.35 bits per heavy atom. The number of piperazine rings is 1. The SMILES string of the molecule is Cc1cc(C(C)NC(=O)C(C)N2CCNCC2)c(C)o1. The third-order valence-corrected chi connectivity index (χ3v) is 3.98. The van der Waals surface area contributed by atoms with Gasteiger partial charge in [-0.25, -0.2) is 0 Å². The van der Waals surface area contributed by atoms with Gasteiger partial charge in [-0.3, -0.25) is 9.69 Å². The van der Waals surface area contributed by atoms with Crippen molar-refractivity contribution in [3.8, 4) is 0 Å². The van der Waals surface area contributed by atoms with Crippen LogP contribution in [0.4, 0.5) is 0 Å². The summed E-state index contributed by atoms with van der Waals surface area (Å²) in [5, 5.41) is 6.39. The van der Waals surface area contributed by atoms with Crippen LogP contribution in [0.1, 0.15) is 37.0 Å². The van der Waals surface area contributed by atoms with Crippen LogP contribution in [-0.4, -0.2) is 43.0 Å². The van der Waals surface area contributed by atoms with Gasteiger partial charge >= 0.3 is 0 Å². The smallest absolute Gasteiger partial charge is 0.237 e. The Hall–Kier alpha value is -1.33. The van der Waals surface area contributed by atoms with Crippen molar-refractivity contribution in [3.05, 3.63) is 23.2 Å². The molecule has 0 aliphatic carbocycles. The number of nitrogens with zero attached hydrogens (tertiary/aromatic N) is 1. The van der Waals surface area contributed by atoms with Gasteiger partial charge in [0.25, 0.3) is 0 Å². The second-order valence-electron chi connectivity index (χ2n) is 5.56. The molecule has 1 amide bonds. The standard InChI is InChI=1S/C15H25N3O2/c1-10-9-14(13(4)20-10)11(2)17-15(19)12(3)18-7-5-16-6-8-18/h9,11-12,16H,5-8H2,1-4H3,(H,17,19). The van der Waals surface area contributed by atoms with Crippen LogP contribution in [0.5, 0.6) is 0 Å². The molecule has 0 saturated carbocycles. The van der Waals surface area contributed by atoms with Gasteiger partial charge in [-0.05, 0) is 33.8 Å². The lowest BCUT2D eigenvalue weighted by Crippen LogP contribution is -2.52. The number of rotatable bonds is 4. The van der Waals surface area contributed by atoms with Crippen molar-refractivity contribution >= 4 is 5.91 Å². The first-order valence-corrected chi connectivity index (χ1v) is 7.31. The third-order valence-electron chi connectivity index (χ3n) is 3.98. The normalized spacial score (nSPS) is 19.6. The summed E-state index contributed by atoms with van der Waals surface area (Å²) >= 11 is 0. The average molecular weight is 279 g/mol. The highest BCUT2D eigenvalue weighted by Crippen LogP contribution is 2.21. The molecule has 0 spiro atoms. The molecular formula is C15H25N3O2. The number of hydrogen-bond donors (Lipinski definition) is 2. The van der Waals surface area contributed by atoms with Crippen molar-refractivity contribution in [2.24, 2.45) is 0 Å². The fourth-order valence-corrected chi connectivity index (χ4v) is 2.73. The summed E-state index contributed by atoms with van der Waals surface area (Å²) in [4.78, 5) is 14.6. The minimum atomic E-state index is -0.0899. The Morgan fingerprint density at radius 2 is 2.00 bits per heavy atom. The number of furan rings is 1. The lowest BCUT2D eigenvalue weighted by atomic mass is 10.1. The Morgan fingerprint density at radius 3 is 2.55 bits per heavy atom. The van der Waals surface area contributed by atoms with Gasteiger partial charge in [0, 0.05) is 31.7 Å². The average Bonchev–Trinajstić information content (AvgIpc) is 2.78. The molecule has 2 atom stereocenters. The number of amides is 1. The van der Waals surface area contributed by atoms with Crippen molar-refractivity contribution in [2.75, 3.05) is 26.2 Å². The molecule has 20 heavy (non-hydrogen) atoms. The zero-order chi connectivity index (χ0) is 14.7. The van der Waals surface area contributed by atoms with Crippen LogP contribution in [0.3, 0.4) is 0 Å². The fourth-order valence-electron chi connectivity index (χ4n) is 2.73. The van der Waals surface area contributed by atoms with Gasteiger partial charge in [0.15, 0.2) is 0 Å². The summed E-state index contributed by atoms with van der Waals surface area (Å²) < 4.78 is 5.52. The Labute approximate surface area is 120 Å². The Kier molecular flexibility index (Phi) is 4.83. The summed E-state index contributed by atoms with van der Waals surface area (Å²) in [6, 6.07) is 1.88. The monoisotopic (exact) mass is 279 g/mol. The topological polar surface area (TPSA) is 57.5 Å². The van der Waals surface area contributed by atoms with Crippen molar-refractivity contribution in [1.82, 2.24) is 15.5 Å². The number of carbonyl (C=O) groups excluding carboxylic acids is 1. The van der Waals surface area contributed by atoms with E-state index in [9.17, 15) is 4.79 Å². The van der Waals surface area contributed by atoms with Gasteiger partial charge in [0.05, 0.1) is 12.1 Å². The second-order valence-corrected chi connectivity index (χ2v) is 5.56. The molecule has 2 N–H and O–H groups in total.